The van der Waals surface area contributed by atoms with Crippen molar-refractivity contribution in [2.75, 3.05) is 0 Å². The minimum atomic E-state index is 0.562. The van der Waals surface area contributed by atoms with Crippen LogP contribution in [0.3, 0.4) is 0 Å². The van der Waals surface area contributed by atoms with Gasteiger partial charge in [-0.3, -0.25) is 4.90 Å². The molecule has 0 N–H and O–H groups in total. The monoisotopic (exact) mass is 762 g/mol. The summed E-state index contributed by atoms with van der Waals surface area (Å²) >= 11 is 5.15. The Hall–Kier alpha value is 0.580. The number of rotatable bonds is 4. The van der Waals surface area contributed by atoms with E-state index in [0.717, 1.165) is 98.3 Å². The van der Waals surface area contributed by atoms with Crippen molar-refractivity contribution in [3.8, 4) is 0 Å². The molecule has 8 aliphatic carbocycles. The average Bonchev–Trinajstić information content (AvgIpc) is 3.97. The van der Waals surface area contributed by atoms with E-state index in [1.165, 1.54) is 128 Å². The molecule has 8 saturated carbocycles. The van der Waals surface area contributed by atoms with Gasteiger partial charge in [0, 0.05) is 39.1 Å². The molecule has 3 nitrogen and oxygen atoms in total. The first-order valence-corrected chi connectivity index (χ1v) is 26.5. The van der Waals surface area contributed by atoms with E-state index in [-0.39, 0.29) is 0 Å². The Bertz CT molecular complexity index is 1260. The third kappa shape index (κ3) is 6.09. The zero-order chi connectivity index (χ0) is 34.6. The highest BCUT2D eigenvalue weighted by Gasteiger charge is 2.60. The molecule has 0 amide bonds. The fraction of sp³-hybridized carbons (Fsp3) is 1.00. The molecule has 12 aliphatic rings. The molecule has 0 spiro atoms. The first-order valence-electron chi connectivity index (χ1n) is 24.6. The molecule has 5 heteroatoms. The Labute approximate surface area is 332 Å². The van der Waals surface area contributed by atoms with Crippen molar-refractivity contribution in [3.05, 3.63) is 0 Å². The van der Waals surface area contributed by atoms with E-state index in [2.05, 4.69) is 28.4 Å². The number of thioether (sulfide) groups is 2. The van der Waals surface area contributed by atoms with Gasteiger partial charge < -0.3 is 9.47 Å². The van der Waals surface area contributed by atoms with Crippen LogP contribution < -0.4 is 0 Å². The number of hydrogen-bond acceptors (Lipinski definition) is 5. The van der Waals surface area contributed by atoms with Gasteiger partial charge in [-0.2, -0.15) is 23.5 Å². The van der Waals surface area contributed by atoms with E-state index in [1.54, 1.807) is 44.9 Å². The fourth-order valence-electron chi connectivity index (χ4n) is 17.9. The summed E-state index contributed by atoms with van der Waals surface area (Å²) in [6.45, 7) is 0. The van der Waals surface area contributed by atoms with Gasteiger partial charge in [0.15, 0.2) is 0 Å². The Balaban J connectivity index is 0.753. The predicted octanol–water partition coefficient (Wildman–Crippen LogP) is 11.7. The third-order valence-electron chi connectivity index (χ3n) is 19.9. The summed E-state index contributed by atoms with van der Waals surface area (Å²) in [5.74, 6) is 9.89. The second-order valence-corrected chi connectivity index (χ2v) is 24.7. The Morgan fingerprint density at radius 2 is 0.868 bits per heavy atom. The van der Waals surface area contributed by atoms with Crippen LogP contribution in [0.4, 0.5) is 0 Å². The summed E-state index contributed by atoms with van der Waals surface area (Å²) < 4.78 is 14.1. The predicted molar refractivity (Wildman–Crippen MR) is 220 cm³/mol. The molecule has 19 atom stereocenters. The van der Waals surface area contributed by atoms with Gasteiger partial charge >= 0.3 is 0 Å². The van der Waals surface area contributed by atoms with Gasteiger partial charge in [0.05, 0.1) is 24.4 Å². The molecule has 0 aromatic carbocycles. The number of hydrogen-bond donors (Lipinski definition) is 0. The van der Waals surface area contributed by atoms with Crippen LogP contribution in [0.5, 0.6) is 0 Å². The molecule has 12 rings (SSSR count). The second-order valence-electron chi connectivity index (χ2n) is 21.9. The van der Waals surface area contributed by atoms with Gasteiger partial charge in [0.2, 0.25) is 0 Å². The van der Waals surface area contributed by atoms with Crippen molar-refractivity contribution in [1.82, 2.24) is 4.90 Å². The van der Waals surface area contributed by atoms with Crippen LogP contribution in [-0.2, 0) is 9.47 Å². The van der Waals surface area contributed by atoms with E-state index in [1.807, 2.05) is 0 Å². The summed E-state index contributed by atoms with van der Waals surface area (Å²) in [4.78, 5) is 3.28. The lowest BCUT2D eigenvalue weighted by Crippen LogP contribution is -2.56. The van der Waals surface area contributed by atoms with Gasteiger partial charge in [-0.1, -0.05) is 44.9 Å². The molecule has 4 saturated heterocycles. The van der Waals surface area contributed by atoms with Crippen LogP contribution in [-0.4, -0.2) is 68.4 Å². The molecule has 0 aromatic rings. The van der Waals surface area contributed by atoms with Gasteiger partial charge in [0.1, 0.15) is 0 Å². The normalized spacial score (nSPS) is 57.3. The zero-order valence-electron chi connectivity index (χ0n) is 33.3. The van der Waals surface area contributed by atoms with Gasteiger partial charge in [-0.15, -0.1) is 0 Å². The van der Waals surface area contributed by atoms with Gasteiger partial charge in [-0.25, -0.2) is 0 Å². The summed E-state index contributed by atoms with van der Waals surface area (Å²) in [7, 11) is 0. The first-order chi connectivity index (χ1) is 26.2. The van der Waals surface area contributed by atoms with Crippen LogP contribution in [0.25, 0.3) is 0 Å². The van der Waals surface area contributed by atoms with Crippen LogP contribution in [0.15, 0.2) is 0 Å². The molecular weight excluding hydrogens is 687 g/mol. The molecule has 0 radical (unpaired) electrons. The highest BCUT2D eigenvalue weighted by Crippen LogP contribution is 2.66. The average molecular weight is 762 g/mol. The quantitative estimate of drug-likeness (QED) is 0.284. The van der Waals surface area contributed by atoms with Crippen LogP contribution >= 0.6 is 23.5 Å². The van der Waals surface area contributed by atoms with E-state index in [4.69, 9.17) is 9.47 Å². The Kier molecular flexibility index (Phi) is 9.85. The van der Waals surface area contributed by atoms with Crippen molar-refractivity contribution < 1.29 is 9.47 Å². The maximum absolute atomic E-state index is 7.03. The molecule has 4 aliphatic heterocycles. The highest BCUT2D eigenvalue weighted by atomic mass is 32.2. The molecule has 296 valence electrons. The van der Waals surface area contributed by atoms with Crippen LogP contribution in [0.1, 0.15) is 173 Å². The lowest BCUT2D eigenvalue weighted by molar-refractivity contribution is -0.0649. The molecular formula is C48H75NO2S2. The van der Waals surface area contributed by atoms with Crippen molar-refractivity contribution in [1.29, 1.82) is 0 Å². The highest BCUT2D eigenvalue weighted by molar-refractivity contribution is 8.02. The zero-order valence-corrected chi connectivity index (χ0v) is 34.9. The lowest BCUT2D eigenvalue weighted by atomic mass is 9.62. The molecule has 0 aromatic heterocycles. The number of fused-ring (bicyclic) bond motifs is 13. The Morgan fingerprint density at radius 3 is 1.57 bits per heavy atom. The third-order valence-corrected chi connectivity index (χ3v) is 23.8. The van der Waals surface area contributed by atoms with E-state index < -0.39 is 0 Å². The van der Waals surface area contributed by atoms with E-state index >= 15 is 0 Å². The van der Waals surface area contributed by atoms with Crippen LogP contribution in [0, 0.1) is 59.2 Å². The second kappa shape index (κ2) is 14.7. The maximum Gasteiger partial charge on any atom is 0.0625 e. The van der Waals surface area contributed by atoms with Gasteiger partial charge in [0.25, 0.3) is 0 Å². The van der Waals surface area contributed by atoms with Crippen LogP contribution in [0.2, 0.25) is 0 Å². The minimum absolute atomic E-state index is 0.562. The molecule has 12 fully saturated rings. The molecule has 4 heterocycles. The SMILES string of the molecule is C1CCC2C(C1)OC1CC(N(C3CCC(C4CCCC5C6CCC7SC8CCCCC8C7C6SC45)CC3)C3CCC4C(C3)OC3CCCCC34)CCC12. The Morgan fingerprint density at radius 1 is 0.340 bits per heavy atom. The van der Waals surface area contributed by atoms with E-state index in [0.29, 0.717) is 24.4 Å². The number of ether oxygens (including phenoxy) is 2. The number of nitrogens with zero attached hydrogens (tertiary/aromatic N) is 1. The minimum Gasteiger partial charge on any atom is -0.374 e. The lowest BCUT2D eigenvalue weighted by Gasteiger charge is -2.51. The summed E-state index contributed by atoms with van der Waals surface area (Å²) in [6.07, 6.45) is 42.3. The topological polar surface area (TPSA) is 21.7 Å². The molecule has 0 bridgehead atoms. The standard InChI is InChI=1S/C48H75NO2S2/c1-4-13-40-33(8-1)35-22-20-30(26-42(35)50-40)49(31-21-23-36-34-9-2-5-14-41(34)51-43(36)27-31)29-18-16-28(17-19-29)32-11-7-12-37-38-24-25-45-46(48(38)53-47(32)37)39-10-3-6-15-44(39)52-45/h28-48H,1-27H2. The largest absolute Gasteiger partial charge is 0.374 e. The summed E-state index contributed by atoms with van der Waals surface area (Å²) in [5, 5.41) is 4.11. The van der Waals surface area contributed by atoms with Gasteiger partial charge in [-0.05, 0) is 188 Å². The van der Waals surface area contributed by atoms with Crippen molar-refractivity contribution in [3.63, 3.8) is 0 Å². The van der Waals surface area contributed by atoms with Crippen molar-refractivity contribution in [2.45, 2.75) is 237 Å². The fourth-order valence-corrected chi connectivity index (χ4v) is 22.7. The smallest absolute Gasteiger partial charge is 0.0625 e. The first kappa shape index (κ1) is 35.5. The van der Waals surface area contributed by atoms with Crippen molar-refractivity contribution >= 4 is 23.5 Å². The van der Waals surface area contributed by atoms with E-state index in [9.17, 15) is 0 Å². The maximum atomic E-state index is 7.03. The summed E-state index contributed by atoms with van der Waals surface area (Å²) in [5.41, 5.74) is 0. The van der Waals surface area contributed by atoms with Crippen molar-refractivity contribution in [2.24, 2.45) is 59.2 Å². The summed E-state index contributed by atoms with van der Waals surface area (Å²) in [6, 6.07) is 2.34. The molecule has 53 heavy (non-hydrogen) atoms. The molecule has 19 unspecified atom stereocenters.